The lowest BCUT2D eigenvalue weighted by Crippen LogP contribution is -2.61. The smallest absolute Gasteiger partial charge is 0.306 e. The van der Waals surface area contributed by atoms with Crippen LogP contribution in [0.25, 0.3) is 0 Å². The number of unbranched alkanes of at least 4 members (excludes halogenated alkanes) is 6. The van der Waals surface area contributed by atoms with E-state index in [0.29, 0.717) is 13.0 Å². The lowest BCUT2D eigenvalue weighted by molar-refractivity contribution is -0.332. The van der Waals surface area contributed by atoms with E-state index in [9.17, 15) is 40.5 Å². The molecule has 0 bridgehead atoms. The maximum Gasteiger partial charge on any atom is 0.306 e. The first-order valence-corrected chi connectivity index (χ1v) is 15.1. The van der Waals surface area contributed by atoms with Gasteiger partial charge < -0.3 is 64.2 Å². The van der Waals surface area contributed by atoms with E-state index in [4.69, 9.17) is 28.4 Å². The van der Waals surface area contributed by atoms with Crippen LogP contribution in [0.1, 0.15) is 71.6 Å². The summed E-state index contributed by atoms with van der Waals surface area (Å²) in [6.45, 7) is 3.30. The van der Waals surface area contributed by atoms with Gasteiger partial charge in [-0.2, -0.15) is 0 Å². The summed E-state index contributed by atoms with van der Waals surface area (Å²) in [5.41, 5.74) is 0. The second-order valence-corrected chi connectivity index (χ2v) is 10.9. The molecule has 0 amide bonds. The fourth-order valence-corrected chi connectivity index (χ4v) is 4.67. The molecular weight excluding hydrogens is 560 g/mol. The molecule has 2 heterocycles. The van der Waals surface area contributed by atoms with Gasteiger partial charge in [0.1, 0.15) is 54.9 Å². The Morgan fingerprint density at radius 1 is 0.690 bits per heavy atom. The van der Waals surface area contributed by atoms with Gasteiger partial charge in [-0.15, -0.1) is 0 Å². The number of rotatable bonds is 20. The van der Waals surface area contributed by atoms with E-state index in [-0.39, 0.29) is 19.6 Å². The van der Waals surface area contributed by atoms with Crippen LogP contribution in [0, 0.1) is 0 Å². The molecule has 11 atom stereocenters. The second kappa shape index (κ2) is 20.1. The molecule has 0 radical (unpaired) electrons. The van der Waals surface area contributed by atoms with Crippen LogP contribution in [0.3, 0.4) is 0 Å². The number of hydrogen-bond acceptors (Lipinski definition) is 14. The molecule has 248 valence electrons. The number of carbonyl (C=O) groups excluding carboxylic acids is 1. The largest absolute Gasteiger partial charge is 0.457 e. The first-order chi connectivity index (χ1) is 20.1. The number of carbonyl (C=O) groups is 1. The average Bonchev–Trinajstić information content (AvgIpc) is 2.98. The zero-order chi connectivity index (χ0) is 31.1. The molecule has 0 spiro atoms. The third-order valence-electron chi connectivity index (χ3n) is 7.37. The molecule has 2 saturated heterocycles. The molecule has 14 heteroatoms. The third-order valence-corrected chi connectivity index (χ3v) is 7.37. The van der Waals surface area contributed by atoms with Crippen LogP contribution in [0.4, 0.5) is 0 Å². The van der Waals surface area contributed by atoms with Crippen molar-refractivity contribution in [3.63, 3.8) is 0 Å². The van der Waals surface area contributed by atoms with Crippen molar-refractivity contribution < 1.29 is 69.0 Å². The van der Waals surface area contributed by atoms with E-state index in [2.05, 4.69) is 6.92 Å². The highest BCUT2D eigenvalue weighted by molar-refractivity contribution is 5.69. The number of ether oxygens (including phenoxy) is 6. The lowest BCUT2D eigenvalue weighted by atomic mass is 9.98. The van der Waals surface area contributed by atoms with Crippen molar-refractivity contribution in [2.24, 2.45) is 0 Å². The van der Waals surface area contributed by atoms with Crippen LogP contribution in [-0.2, 0) is 33.2 Å². The minimum atomic E-state index is -1.69. The molecule has 0 aromatic carbocycles. The Morgan fingerprint density at radius 2 is 1.26 bits per heavy atom. The van der Waals surface area contributed by atoms with Crippen molar-refractivity contribution in [2.45, 2.75) is 139 Å². The topological polar surface area (TPSA) is 214 Å². The summed E-state index contributed by atoms with van der Waals surface area (Å²) >= 11 is 0. The highest BCUT2D eigenvalue weighted by atomic mass is 16.7. The minimum absolute atomic E-state index is 0.0600. The maximum atomic E-state index is 12.3. The van der Waals surface area contributed by atoms with Gasteiger partial charge in [-0.05, 0) is 12.8 Å². The molecule has 0 aromatic rings. The zero-order valence-electron chi connectivity index (χ0n) is 24.7. The molecule has 7 N–H and O–H groups in total. The quantitative estimate of drug-likeness (QED) is 0.0656. The summed E-state index contributed by atoms with van der Waals surface area (Å²) in [7, 11) is 0. The molecule has 2 rings (SSSR count). The highest BCUT2D eigenvalue weighted by Gasteiger charge is 2.47. The number of aliphatic hydroxyl groups excluding tert-OH is 7. The Balaban J connectivity index is 1.92. The van der Waals surface area contributed by atoms with Crippen LogP contribution >= 0.6 is 0 Å². The number of hydrogen-bond donors (Lipinski definition) is 7. The maximum absolute atomic E-state index is 12.3. The summed E-state index contributed by atoms with van der Waals surface area (Å²) < 4.78 is 33.3. The fraction of sp³-hybridized carbons (Fsp3) is 0.964. The standard InChI is InChI=1S/C28H52O14/c1-3-5-7-8-9-10-12-37-14-17(40-20(30)11-6-4-2)15-38-27-26(36)24(34)22(32)19(42-27)16-39-28-25(35)23(33)21(31)18(13-29)41-28/h17-19,21-29,31-36H,3-16H2,1-2H3. The summed E-state index contributed by atoms with van der Waals surface area (Å²) in [6.07, 6.45) is -7.79. The molecule has 2 aliphatic heterocycles. The molecule has 2 aliphatic rings. The number of esters is 1. The van der Waals surface area contributed by atoms with Crippen molar-refractivity contribution in [2.75, 3.05) is 33.0 Å². The predicted octanol–water partition coefficient (Wildman–Crippen LogP) is -0.894. The Morgan fingerprint density at radius 3 is 1.90 bits per heavy atom. The van der Waals surface area contributed by atoms with Crippen LogP contribution in [0.2, 0.25) is 0 Å². The van der Waals surface area contributed by atoms with Crippen molar-refractivity contribution >= 4 is 5.97 Å². The Labute approximate surface area is 247 Å². The Bertz CT molecular complexity index is 727. The van der Waals surface area contributed by atoms with Crippen LogP contribution in [0.5, 0.6) is 0 Å². The van der Waals surface area contributed by atoms with Gasteiger partial charge in [0.15, 0.2) is 12.6 Å². The summed E-state index contributed by atoms with van der Waals surface area (Å²) in [6, 6.07) is 0. The number of aliphatic hydroxyl groups is 7. The van der Waals surface area contributed by atoms with Crippen molar-refractivity contribution in [1.82, 2.24) is 0 Å². The van der Waals surface area contributed by atoms with Gasteiger partial charge in [-0.1, -0.05) is 52.4 Å². The first-order valence-electron chi connectivity index (χ1n) is 15.1. The van der Waals surface area contributed by atoms with Gasteiger partial charge in [0.25, 0.3) is 0 Å². The zero-order valence-corrected chi connectivity index (χ0v) is 24.7. The van der Waals surface area contributed by atoms with Gasteiger partial charge in [0.05, 0.1) is 26.4 Å². The first kappa shape index (κ1) is 37.2. The van der Waals surface area contributed by atoms with Gasteiger partial charge >= 0.3 is 5.97 Å². The molecule has 0 saturated carbocycles. The SMILES string of the molecule is CCCCCCCCOCC(COC1OC(COC2OC(CO)C(O)C(O)C2O)C(O)C(O)C1O)OC(=O)CCCC. The summed E-state index contributed by atoms with van der Waals surface area (Å²) in [5, 5.41) is 70.7. The molecule has 0 aromatic heterocycles. The van der Waals surface area contributed by atoms with E-state index in [1.54, 1.807) is 0 Å². The Hall–Kier alpha value is -1.01. The monoisotopic (exact) mass is 612 g/mol. The second-order valence-electron chi connectivity index (χ2n) is 10.9. The fourth-order valence-electron chi connectivity index (χ4n) is 4.67. The predicted molar refractivity (Wildman–Crippen MR) is 146 cm³/mol. The molecule has 42 heavy (non-hydrogen) atoms. The van der Waals surface area contributed by atoms with E-state index in [1.807, 2.05) is 6.92 Å². The average molecular weight is 613 g/mol. The molecular formula is C28H52O14. The van der Waals surface area contributed by atoms with Gasteiger partial charge in [-0.3, -0.25) is 4.79 Å². The highest BCUT2D eigenvalue weighted by Crippen LogP contribution is 2.26. The van der Waals surface area contributed by atoms with Gasteiger partial charge in [0, 0.05) is 13.0 Å². The molecule has 2 fully saturated rings. The van der Waals surface area contributed by atoms with Crippen LogP contribution in [0.15, 0.2) is 0 Å². The minimum Gasteiger partial charge on any atom is -0.457 e. The summed E-state index contributed by atoms with van der Waals surface area (Å²) in [5.74, 6) is -0.417. The molecule has 0 aliphatic carbocycles. The van der Waals surface area contributed by atoms with Crippen molar-refractivity contribution in [3.8, 4) is 0 Å². The van der Waals surface area contributed by atoms with Crippen molar-refractivity contribution in [1.29, 1.82) is 0 Å². The molecule has 14 nitrogen and oxygen atoms in total. The van der Waals surface area contributed by atoms with E-state index in [1.165, 1.54) is 19.3 Å². The van der Waals surface area contributed by atoms with E-state index >= 15 is 0 Å². The van der Waals surface area contributed by atoms with Crippen LogP contribution in [-0.4, -0.2) is 142 Å². The lowest BCUT2D eigenvalue weighted by Gasteiger charge is -2.42. The Kier molecular flexibility index (Phi) is 17.8. The van der Waals surface area contributed by atoms with Gasteiger partial charge in [-0.25, -0.2) is 0 Å². The summed E-state index contributed by atoms with van der Waals surface area (Å²) in [4.78, 5) is 12.3. The van der Waals surface area contributed by atoms with Crippen molar-refractivity contribution in [3.05, 3.63) is 0 Å². The normalized spacial score (nSPS) is 34.3. The van der Waals surface area contributed by atoms with E-state index < -0.39 is 86.7 Å². The molecule has 11 unspecified atom stereocenters. The van der Waals surface area contributed by atoms with Crippen LogP contribution < -0.4 is 0 Å². The van der Waals surface area contributed by atoms with Gasteiger partial charge in [0.2, 0.25) is 0 Å². The van der Waals surface area contributed by atoms with E-state index in [0.717, 1.165) is 25.7 Å². The third kappa shape index (κ3) is 11.8.